The van der Waals surface area contributed by atoms with Crippen molar-refractivity contribution in [3.63, 3.8) is 0 Å². The Morgan fingerprint density at radius 2 is 2.24 bits per heavy atom. The van der Waals surface area contributed by atoms with Crippen molar-refractivity contribution < 1.29 is 9.90 Å². The van der Waals surface area contributed by atoms with Crippen LogP contribution in [0.15, 0.2) is 22.7 Å². The van der Waals surface area contributed by atoms with Crippen molar-refractivity contribution >= 4 is 21.9 Å². The maximum atomic E-state index is 10.8. The van der Waals surface area contributed by atoms with Gasteiger partial charge in [0.25, 0.3) is 0 Å². The summed E-state index contributed by atoms with van der Waals surface area (Å²) in [7, 11) is 2.11. The van der Waals surface area contributed by atoms with E-state index < -0.39 is 5.97 Å². The van der Waals surface area contributed by atoms with Crippen LogP contribution in [0.4, 0.5) is 0 Å². The summed E-state index contributed by atoms with van der Waals surface area (Å²) in [5.41, 5.74) is 1.46. The number of nitrogens with zero attached hydrogens (tertiary/aromatic N) is 1. The molecule has 92 valence electrons. The number of halogens is 1. The van der Waals surface area contributed by atoms with Gasteiger partial charge in [0.15, 0.2) is 0 Å². The molecular formula is C13H16BrNO2. The highest BCUT2D eigenvalue weighted by Gasteiger charge is 2.22. The second-order valence-corrected chi connectivity index (χ2v) is 5.61. The Bertz CT molecular complexity index is 429. The SMILES string of the molecule is CN(Cc1ccc(C(=O)O)cc1Br)CC1CC1. The smallest absolute Gasteiger partial charge is 0.335 e. The number of aromatic carboxylic acids is 1. The van der Waals surface area contributed by atoms with Crippen LogP contribution < -0.4 is 0 Å². The summed E-state index contributed by atoms with van der Waals surface area (Å²) in [6, 6.07) is 5.22. The summed E-state index contributed by atoms with van der Waals surface area (Å²) >= 11 is 3.44. The van der Waals surface area contributed by atoms with E-state index in [0.717, 1.165) is 29.0 Å². The monoisotopic (exact) mass is 297 g/mol. The van der Waals surface area contributed by atoms with Crippen LogP contribution in [0.1, 0.15) is 28.8 Å². The Labute approximate surface area is 110 Å². The summed E-state index contributed by atoms with van der Waals surface area (Å²) in [5, 5.41) is 8.88. The molecule has 0 bridgehead atoms. The van der Waals surface area contributed by atoms with Crippen molar-refractivity contribution in [2.45, 2.75) is 19.4 Å². The van der Waals surface area contributed by atoms with Gasteiger partial charge in [0.05, 0.1) is 5.56 Å². The highest BCUT2D eigenvalue weighted by atomic mass is 79.9. The molecule has 0 atom stereocenters. The minimum Gasteiger partial charge on any atom is -0.478 e. The number of hydrogen-bond donors (Lipinski definition) is 1. The Balaban J connectivity index is 2.02. The molecular weight excluding hydrogens is 282 g/mol. The van der Waals surface area contributed by atoms with Crippen molar-refractivity contribution in [1.29, 1.82) is 0 Å². The number of carboxylic acids is 1. The van der Waals surface area contributed by atoms with Gasteiger partial charge in [-0.2, -0.15) is 0 Å². The van der Waals surface area contributed by atoms with E-state index >= 15 is 0 Å². The summed E-state index contributed by atoms with van der Waals surface area (Å²) < 4.78 is 0.875. The largest absolute Gasteiger partial charge is 0.478 e. The van der Waals surface area contributed by atoms with Gasteiger partial charge in [-0.25, -0.2) is 4.79 Å². The van der Waals surface area contributed by atoms with E-state index in [1.165, 1.54) is 12.8 Å². The lowest BCUT2D eigenvalue weighted by atomic mass is 10.1. The van der Waals surface area contributed by atoms with E-state index in [-0.39, 0.29) is 0 Å². The van der Waals surface area contributed by atoms with E-state index in [1.54, 1.807) is 12.1 Å². The quantitative estimate of drug-likeness (QED) is 0.908. The van der Waals surface area contributed by atoms with Gasteiger partial charge in [0.2, 0.25) is 0 Å². The molecule has 0 radical (unpaired) electrons. The fourth-order valence-electron chi connectivity index (χ4n) is 1.91. The predicted molar refractivity (Wildman–Crippen MR) is 70.2 cm³/mol. The Morgan fingerprint density at radius 3 is 2.76 bits per heavy atom. The average molecular weight is 298 g/mol. The first-order valence-corrected chi connectivity index (χ1v) is 6.56. The Hall–Kier alpha value is -0.870. The molecule has 4 heteroatoms. The molecule has 0 aromatic heterocycles. The molecule has 0 saturated heterocycles. The second-order valence-electron chi connectivity index (χ2n) is 4.75. The zero-order valence-electron chi connectivity index (χ0n) is 9.82. The lowest BCUT2D eigenvalue weighted by Gasteiger charge is -2.17. The minimum atomic E-state index is -0.886. The number of hydrogen-bond acceptors (Lipinski definition) is 2. The van der Waals surface area contributed by atoms with E-state index in [9.17, 15) is 4.79 Å². The molecule has 0 unspecified atom stereocenters. The summed E-state index contributed by atoms with van der Waals surface area (Å²) in [5.74, 6) is -0.0133. The highest BCUT2D eigenvalue weighted by Crippen LogP contribution is 2.30. The molecule has 1 saturated carbocycles. The van der Waals surface area contributed by atoms with Crippen LogP contribution in [-0.2, 0) is 6.54 Å². The van der Waals surface area contributed by atoms with Crippen molar-refractivity contribution in [1.82, 2.24) is 4.90 Å². The van der Waals surface area contributed by atoms with Gasteiger partial charge in [0, 0.05) is 17.6 Å². The van der Waals surface area contributed by atoms with Gasteiger partial charge in [0.1, 0.15) is 0 Å². The summed E-state index contributed by atoms with van der Waals surface area (Å²) in [4.78, 5) is 13.1. The fourth-order valence-corrected chi connectivity index (χ4v) is 2.41. The van der Waals surface area contributed by atoms with Gasteiger partial charge >= 0.3 is 5.97 Å². The van der Waals surface area contributed by atoms with Crippen molar-refractivity contribution in [2.24, 2.45) is 5.92 Å². The lowest BCUT2D eigenvalue weighted by molar-refractivity contribution is 0.0697. The van der Waals surface area contributed by atoms with Crippen LogP contribution in [0.2, 0.25) is 0 Å². The molecule has 1 N–H and O–H groups in total. The third-order valence-electron chi connectivity index (χ3n) is 3.01. The molecule has 0 heterocycles. The first-order valence-electron chi connectivity index (χ1n) is 5.76. The molecule has 17 heavy (non-hydrogen) atoms. The predicted octanol–water partition coefficient (Wildman–Crippen LogP) is 2.99. The standard InChI is InChI=1S/C13H16BrNO2/c1-15(7-9-2-3-9)8-11-5-4-10(13(16)17)6-12(11)14/h4-6,9H,2-3,7-8H2,1H3,(H,16,17). The van der Waals surface area contributed by atoms with E-state index in [0.29, 0.717) is 5.56 Å². The van der Waals surface area contributed by atoms with E-state index in [1.807, 2.05) is 6.07 Å². The molecule has 0 spiro atoms. The Morgan fingerprint density at radius 1 is 1.53 bits per heavy atom. The van der Waals surface area contributed by atoms with E-state index in [4.69, 9.17) is 5.11 Å². The Kier molecular flexibility index (Phi) is 3.84. The molecule has 1 fully saturated rings. The molecule has 0 aliphatic heterocycles. The lowest BCUT2D eigenvalue weighted by Crippen LogP contribution is -2.20. The van der Waals surface area contributed by atoms with Gasteiger partial charge in [-0.3, -0.25) is 0 Å². The maximum absolute atomic E-state index is 10.8. The number of rotatable bonds is 5. The van der Waals surface area contributed by atoms with Crippen LogP contribution >= 0.6 is 15.9 Å². The summed E-state index contributed by atoms with van der Waals surface area (Å²) in [6.07, 6.45) is 2.70. The average Bonchev–Trinajstić information content (AvgIpc) is 3.04. The molecule has 1 aliphatic rings. The molecule has 1 aromatic carbocycles. The minimum absolute atomic E-state index is 0.325. The van der Waals surface area contributed by atoms with E-state index in [2.05, 4.69) is 27.9 Å². The second kappa shape index (κ2) is 5.19. The van der Waals surface area contributed by atoms with Crippen molar-refractivity contribution in [3.05, 3.63) is 33.8 Å². The van der Waals surface area contributed by atoms with Crippen LogP contribution in [0.3, 0.4) is 0 Å². The molecule has 1 aromatic rings. The van der Waals surface area contributed by atoms with Crippen molar-refractivity contribution in [2.75, 3.05) is 13.6 Å². The maximum Gasteiger partial charge on any atom is 0.335 e. The molecule has 1 aliphatic carbocycles. The number of benzene rings is 1. The van der Waals surface area contributed by atoms with Crippen LogP contribution in [0.5, 0.6) is 0 Å². The normalized spacial score (nSPS) is 15.2. The third kappa shape index (κ3) is 3.54. The third-order valence-corrected chi connectivity index (χ3v) is 3.75. The van der Waals surface area contributed by atoms with Gasteiger partial charge in [-0.1, -0.05) is 22.0 Å². The highest BCUT2D eigenvalue weighted by molar-refractivity contribution is 9.10. The summed E-state index contributed by atoms with van der Waals surface area (Å²) in [6.45, 7) is 1.99. The molecule has 3 nitrogen and oxygen atoms in total. The van der Waals surface area contributed by atoms with Gasteiger partial charge in [-0.05, 0) is 43.5 Å². The fraction of sp³-hybridized carbons (Fsp3) is 0.462. The van der Waals surface area contributed by atoms with Crippen LogP contribution in [0.25, 0.3) is 0 Å². The van der Waals surface area contributed by atoms with Gasteiger partial charge in [-0.15, -0.1) is 0 Å². The number of carboxylic acid groups (broad SMARTS) is 1. The van der Waals surface area contributed by atoms with Gasteiger partial charge < -0.3 is 10.0 Å². The molecule has 0 amide bonds. The molecule has 2 rings (SSSR count). The first kappa shape index (κ1) is 12.6. The topological polar surface area (TPSA) is 40.5 Å². The first-order chi connectivity index (χ1) is 8.06. The van der Waals surface area contributed by atoms with Crippen LogP contribution in [0, 0.1) is 5.92 Å². The zero-order chi connectivity index (χ0) is 12.4. The number of carbonyl (C=O) groups is 1. The zero-order valence-corrected chi connectivity index (χ0v) is 11.4. The van der Waals surface area contributed by atoms with Crippen molar-refractivity contribution in [3.8, 4) is 0 Å². The van der Waals surface area contributed by atoms with Crippen LogP contribution in [-0.4, -0.2) is 29.6 Å².